The Morgan fingerprint density at radius 3 is 2.47 bits per heavy atom. The van der Waals surface area contributed by atoms with Gasteiger partial charge in [-0.2, -0.15) is 13.2 Å². The normalized spacial score (nSPS) is 19.7. The van der Waals surface area contributed by atoms with E-state index < -0.39 is 23.6 Å². The summed E-state index contributed by atoms with van der Waals surface area (Å²) in [5, 5.41) is 0. The lowest BCUT2D eigenvalue weighted by Crippen LogP contribution is -2.18. The van der Waals surface area contributed by atoms with Gasteiger partial charge in [0.15, 0.2) is 0 Å². The number of hydrogen-bond acceptors (Lipinski definition) is 2. The molecule has 1 fully saturated rings. The third-order valence-corrected chi connectivity index (χ3v) is 3.32. The molecular formula is C13H12F3NO2. The molecule has 0 radical (unpaired) electrons. The third-order valence-electron chi connectivity index (χ3n) is 3.32. The molecule has 102 valence electrons. The minimum absolute atomic E-state index is 0.00625. The molecule has 6 heteroatoms. The third kappa shape index (κ3) is 2.62. The van der Waals surface area contributed by atoms with Gasteiger partial charge in [-0.3, -0.25) is 9.59 Å². The number of carbonyl (C=O) groups is 2. The molecule has 1 atom stereocenters. The SMILES string of the molecule is NC(=O)c1ccc(C(F)(F)F)cc1C1CCCC1=O. The fraction of sp³-hybridized carbons (Fsp3) is 0.385. The van der Waals surface area contributed by atoms with Crippen molar-refractivity contribution in [2.75, 3.05) is 0 Å². The molecule has 0 aliphatic heterocycles. The van der Waals surface area contributed by atoms with Gasteiger partial charge >= 0.3 is 6.18 Å². The number of nitrogens with two attached hydrogens (primary N) is 1. The van der Waals surface area contributed by atoms with Crippen molar-refractivity contribution in [3.63, 3.8) is 0 Å². The van der Waals surface area contributed by atoms with Crippen molar-refractivity contribution >= 4 is 11.7 Å². The molecule has 2 N–H and O–H groups in total. The van der Waals surface area contributed by atoms with Crippen LogP contribution in [0.2, 0.25) is 0 Å². The van der Waals surface area contributed by atoms with Crippen molar-refractivity contribution in [2.45, 2.75) is 31.4 Å². The number of alkyl halides is 3. The Hall–Kier alpha value is -1.85. The van der Waals surface area contributed by atoms with E-state index in [1.54, 1.807) is 0 Å². The van der Waals surface area contributed by atoms with Gasteiger partial charge in [-0.1, -0.05) is 0 Å². The number of benzene rings is 1. The van der Waals surface area contributed by atoms with Crippen molar-refractivity contribution in [1.82, 2.24) is 0 Å². The largest absolute Gasteiger partial charge is 0.416 e. The molecule has 1 unspecified atom stereocenters. The second-order valence-electron chi connectivity index (χ2n) is 4.58. The van der Waals surface area contributed by atoms with Crippen LogP contribution in [0.5, 0.6) is 0 Å². The first kappa shape index (κ1) is 13.6. The quantitative estimate of drug-likeness (QED) is 0.898. The standard InChI is InChI=1S/C13H12F3NO2/c14-13(15,16)7-4-5-9(12(17)19)10(6-7)8-2-1-3-11(8)18/h4-6,8H,1-3H2,(H2,17,19). The van der Waals surface area contributed by atoms with E-state index in [0.29, 0.717) is 19.3 Å². The summed E-state index contributed by atoms with van der Waals surface area (Å²) in [5.74, 6) is -1.60. The molecule has 0 aromatic heterocycles. The van der Waals surface area contributed by atoms with Gasteiger partial charge in [-0.05, 0) is 36.6 Å². The molecule has 0 saturated heterocycles. The number of halogens is 3. The van der Waals surface area contributed by atoms with Gasteiger partial charge in [-0.15, -0.1) is 0 Å². The highest BCUT2D eigenvalue weighted by Gasteiger charge is 2.34. The average molecular weight is 271 g/mol. The first-order valence-electron chi connectivity index (χ1n) is 5.84. The maximum atomic E-state index is 12.7. The van der Waals surface area contributed by atoms with Crippen LogP contribution in [0.25, 0.3) is 0 Å². The molecule has 0 bridgehead atoms. The van der Waals surface area contributed by atoms with E-state index in [2.05, 4.69) is 0 Å². The summed E-state index contributed by atoms with van der Waals surface area (Å²) in [4.78, 5) is 23.0. The Balaban J connectivity index is 2.54. The molecule has 0 heterocycles. The van der Waals surface area contributed by atoms with Crippen molar-refractivity contribution in [3.8, 4) is 0 Å². The molecule has 1 aromatic carbocycles. The van der Waals surface area contributed by atoms with Crippen LogP contribution >= 0.6 is 0 Å². The van der Waals surface area contributed by atoms with Crippen LogP contribution in [0.1, 0.15) is 46.7 Å². The first-order valence-corrected chi connectivity index (χ1v) is 5.84. The number of carbonyl (C=O) groups excluding carboxylic acids is 2. The van der Waals surface area contributed by atoms with Crippen molar-refractivity contribution in [1.29, 1.82) is 0 Å². The topological polar surface area (TPSA) is 60.2 Å². The maximum absolute atomic E-state index is 12.7. The minimum atomic E-state index is -4.51. The predicted molar refractivity (Wildman–Crippen MR) is 61.6 cm³/mol. The number of Topliss-reactive ketones (excluding diaryl/α,β-unsaturated/α-hetero) is 1. The number of primary amides is 1. The van der Waals surface area contributed by atoms with Crippen molar-refractivity contribution < 1.29 is 22.8 Å². The lowest BCUT2D eigenvalue weighted by Gasteiger charge is -2.15. The molecule has 1 aromatic rings. The van der Waals surface area contributed by atoms with Gasteiger partial charge in [0.2, 0.25) is 5.91 Å². The first-order chi connectivity index (χ1) is 8.80. The summed E-state index contributed by atoms with van der Waals surface area (Å²) < 4.78 is 38.1. The van der Waals surface area contributed by atoms with Crippen LogP contribution in [0, 0.1) is 0 Å². The molecule has 1 saturated carbocycles. The smallest absolute Gasteiger partial charge is 0.366 e. The van der Waals surface area contributed by atoms with E-state index in [1.165, 1.54) is 0 Å². The van der Waals surface area contributed by atoms with Gasteiger partial charge in [-0.25, -0.2) is 0 Å². The average Bonchev–Trinajstić information content (AvgIpc) is 2.73. The van der Waals surface area contributed by atoms with Crippen LogP contribution in [0.3, 0.4) is 0 Å². The van der Waals surface area contributed by atoms with E-state index in [4.69, 9.17) is 5.73 Å². The van der Waals surface area contributed by atoms with Gasteiger partial charge in [0.25, 0.3) is 0 Å². The molecule has 1 amide bonds. The zero-order valence-corrected chi connectivity index (χ0v) is 9.96. The molecule has 1 aliphatic carbocycles. The fourth-order valence-electron chi connectivity index (χ4n) is 2.40. The van der Waals surface area contributed by atoms with Crippen LogP contribution < -0.4 is 5.73 Å². The van der Waals surface area contributed by atoms with Crippen LogP contribution in [-0.4, -0.2) is 11.7 Å². The highest BCUT2D eigenvalue weighted by Crippen LogP contribution is 2.37. The van der Waals surface area contributed by atoms with Gasteiger partial charge in [0.05, 0.1) is 5.56 Å². The summed E-state index contributed by atoms with van der Waals surface area (Å²) in [7, 11) is 0. The number of rotatable bonds is 2. The van der Waals surface area contributed by atoms with Crippen LogP contribution in [0.15, 0.2) is 18.2 Å². The number of amides is 1. The van der Waals surface area contributed by atoms with E-state index in [0.717, 1.165) is 18.2 Å². The van der Waals surface area contributed by atoms with E-state index in [9.17, 15) is 22.8 Å². The Labute approximate surface area is 107 Å². The molecule has 19 heavy (non-hydrogen) atoms. The maximum Gasteiger partial charge on any atom is 0.416 e. The zero-order chi connectivity index (χ0) is 14.2. The predicted octanol–water partition coefficient (Wildman–Crippen LogP) is 2.64. The van der Waals surface area contributed by atoms with Crippen LogP contribution in [0.4, 0.5) is 13.2 Å². The Morgan fingerprint density at radius 1 is 1.32 bits per heavy atom. The van der Waals surface area contributed by atoms with E-state index in [-0.39, 0.29) is 16.9 Å². The van der Waals surface area contributed by atoms with E-state index in [1.807, 2.05) is 0 Å². The van der Waals surface area contributed by atoms with Gasteiger partial charge in [0, 0.05) is 17.9 Å². The highest BCUT2D eigenvalue weighted by molar-refractivity contribution is 5.98. The molecule has 1 aliphatic rings. The lowest BCUT2D eigenvalue weighted by molar-refractivity contribution is -0.137. The van der Waals surface area contributed by atoms with Crippen molar-refractivity contribution in [3.05, 3.63) is 34.9 Å². The monoisotopic (exact) mass is 271 g/mol. The van der Waals surface area contributed by atoms with Crippen LogP contribution in [-0.2, 0) is 11.0 Å². The number of hydrogen-bond donors (Lipinski definition) is 1. The summed E-state index contributed by atoms with van der Waals surface area (Å²) in [6.07, 6.45) is -3.09. The molecule has 2 rings (SSSR count). The van der Waals surface area contributed by atoms with Gasteiger partial charge < -0.3 is 5.73 Å². The Bertz CT molecular complexity index is 537. The van der Waals surface area contributed by atoms with Crippen molar-refractivity contribution in [2.24, 2.45) is 5.73 Å². The molecule has 0 spiro atoms. The summed E-state index contributed by atoms with van der Waals surface area (Å²) >= 11 is 0. The Morgan fingerprint density at radius 2 is 2.00 bits per heavy atom. The fourth-order valence-corrected chi connectivity index (χ4v) is 2.40. The summed E-state index contributed by atoms with van der Waals surface area (Å²) in [5.41, 5.74) is 4.38. The summed E-state index contributed by atoms with van der Waals surface area (Å²) in [6.45, 7) is 0. The highest BCUT2D eigenvalue weighted by atomic mass is 19.4. The van der Waals surface area contributed by atoms with Gasteiger partial charge in [0.1, 0.15) is 5.78 Å². The minimum Gasteiger partial charge on any atom is -0.366 e. The van der Waals surface area contributed by atoms with E-state index >= 15 is 0 Å². The molecular weight excluding hydrogens is 259 g/mol. The number of ketones is 1. The Kier molecular flexibility index (Phi) is 3.34. The molecule has 3 nitrogen and oxygen atoms in total. The summed E-state index contributed by atoms with van der Waals surface area (Å²) in [6, 6.07) is 2.73. The second-order valence-corrected chi connectivity index (χ2v) is 4.58. The zero-order valence-electron chi connectivity index (χ0n) is 9.96. The lowest BCUT2D eigenvalue weighted by atomic mass is 9.90. The second kappa shape index (κ2) is 4.68.